The fraction of sp³-hybridized carbons (Fsp3) is 0.321. The van der Waals surface area contributed by atoms with Crippen molar-refractivity contribution in [2.24, 2.45) is 0 Å². The Hall–Kier alpha value is -3.45. The van der Waals surface area contributed by atoms with Gasteiger partial charge in [-0.2, -0.15) is 0 Å². The monoisotopic (exact) mass is 487 g/mol. The third-order valence-corrected chi connectivity index (χ3v) is 7.38. The van der Waals surface area contributed by atoms with Crippen LogP contribution in [-0.4, -0.2) is 20.4 Å². The highest BCUT2D eigenvalue weighted by atomic mass is 32.1. The lowest BCUT2D eigenvalue weighted by atomic mass is 9.95. The van der Waals surface area contributed by atoms with Gasteiger partial charge >= 0.3 is 0 Å². The van der Waals surface area contributed by atoms with Crippen LogP contribution in [-0.2, 0) is 5.41 Å². The molecule has 35 heavy (non-hydrogen) atoms. The molecule has 1 amide bonds. The summed E-state index contributed by atoms with van der Waals surface area (Å²) in [5.74, 6) is 0.833. The Morgan fingerprint density at radius 1 is 1.11 bits per heavy atom. The molecule has 1 aliphatic carbocycles. The Kier molecular flexibility index (Phi) is 7.08. The van der Waals surface area contributed by atoms with Crippen LogP contribution in [0.2, 0.25) is 0 Å². The summed E-state index contributed by atoms with van der Waals surface area (Å²) in [6, 6.07) is 15.5. The summed E-state index contributed by atoms with van der Waals surface area (Å²) >= 11 is 1.71. The maximum Gasteiger partial charge on any atom is 0.255 e. The standard InChI is InChI=1S/C26H27N5OS.C2H6/c1-16(2)31-17(3)28-14-23(31)22-15-33-25(30-22)26(12-13-26)19-10-8-18(9-11-19)24(32)29-21-7-5-4-6-20(21)27;1-2/h4-11,14-16H,12-13,27H2,1-3H3,(H,29,32);1-2H3. The van der Waals surface area contributed by atoms with E-state index in [1.807, 2.05) is 51.2 Å². The number of benzene rings is 2. The smallest absolute Gasteiger partial charge is 0.255 e. The highest BCUT2D eigenvalue weighted by molar-refractivity contribution is 7.10. The Morgan fingerprint density at radius 2 is 1.80 bits per heavy atom. The molecular weight excluding hydrogens is 454 g/mol. The van der Waals surface area contributed by atoms with E-state index in [0.29, 0.717) is 23.0 Å². The van der Waals surface area contributed by atoms with Crippen LogP contribution in [0.15, 0.2) is 60.1 Å². The molecular formula is C28H33N5OS. The Morgan fingerprint density at radius 3 is 2.43 bits per heavy atom. The number of amides is 1. The van der Waals surface area contributed by atoms with Crippen molar-refractivity contribution >= 4 is 28.6 Å². The number of aromatic nitrogens is 3. The number of para-hydroxylation sites is 2. The molecule has 0 bridgehead atoms. The van der Waals surface area contributed by atoms with Crippen molar-refractivity contribution in [1.82, 2.24) is 14.5 Å². The summed E-state index contributed by atoms with van der Waals surface area (Å²) in [5.41, 5.74) is 10.9. The lowest BCUT2D eigenvalue weighted by molar-refractivity contribution is 0.102. The molecule has 3 N–H and O–H groups in total. The lowest BCUT2D eigenvalue weighted by Gasteiger charge is -2.14. The summed E-state index contributed by atoms with van der Waals surface area (Å²) in [5, 5.41) is 6.15. The van der Waals surface area contributed by atoms with Crippen LogP contribution in [0, 0.1) is 6.92 Å². The zero-order valence-corrected chi connectivity index (χ0v) is 21.8. The first-order chi connectivity index (χ1) is 16.9. The SMILES string of the molecule is CC.Cc1ncc(-c2csc(C3(c4ccc(C(=O)Nc5ccccc5N)cc4)CC3)n2)n1C(C)C. The number of nitrogens with zero attached hydrogens (tertiary/aromatic N) is 3. The van der Waals surface area contributed by atoms with Crippen molar-refractivity contribution in [1.29, 1.82) is 0 Å². The van der Waals surface area contributed by atoms with E-state index in [9.17, 15) is 4.79 Å². The molecule has 0 saturated heterocycles. The van der Waals surface area contributed by atoms with Gasteiger partial charge in [0.2, 0.25) is 0 Å². The minimum Gasteiger partial charge on any atom is -0.397 e. The molecule has 0 aliphatic heterocycles. The predicted molar refractivity (Wildman–Crippen MR) is 145 cm³/mol. The van der Waals surface area contributed by atoms with Gasteiger partial charge in [0.25, 0.3) is 5.91 Å². The molecule has 1 saturated carbocycles. The van der Waals surface area contributed by atoms with E-state index in [0.717, 1.165) is 35.1 Å². The molecule has 0 unspecified atom stereocenters. The van der Waals surface area contributed by atoms with Gasteiger partial charge in [-0.15, -0.1) is 11.3 Å². The zero-order valence-electron chi connectivity index (χ0n) is 21.0. The summed E-state index contributed by atoms with van der Waals surface area (Å²) in [4.78, 5) is 22.2. The van der Waals surface area contributed by atoms with Crippen molar-refractivity contribution < 1.29 is 4.79 Å². The molecule has 1 aliphatic rings. The Balaban J connectivity index is 0.00000141. The second-order valence-electron chi connectivity index (χ2n) is 8.89. The van der Waals surface area contributed by atoms with Crippen molar-refractivity contribution in [3.8, 4) is 11.4 Å². The van der Waals surface area contributed by atoms with Crippen molar-refractivity contribution in [3.63, 3.8) is 0 Å². The Labute approximate surface area is 211 Å². The molecule has 1 fully saturated rings. The Bertz CT molecular complexity index is 1320. The summed E-state index contributed by atoms with van der Waals surface area (Å²) in [6.07, 6.45) is 4.05. The van der Waals surface area contributed by atoms with Crippen molar-refractivity contribution in [2.45, 2.75) is 58.9 Å². The van der Waals surface area contributed by atoms with Crippen LogP contribution >= 0.6 is 11.3 Å². The quantitative estimate of drug-likeness (QED) is 0.292. The van der Waals surface area contributed by atoms with E-state index in [2.05, 4.69) is 46.2 Å². The number of nitrogens with one attached hydrogen (secondary N) is 1. The lowest BCUT2D eigenvalue weighted by Crippen LogP contribution is -2.14. The molecule has 4 aromatic rings. The first kappa shape index (κ1) is 24.7. The van der Waals surface area contributed by atoms with Crippen LogP contribution in [0.25, 0.3) is 11.4 Å². The van der Waals surface area contributed by atoms with E-state index in [1.54, 1.807) is 23.5 Å². The molecule has 0 radical (unpaired) electrons. The van der Waals surface area contributed by atoms with E-state index < -0.39 is 0 Å². The molecule has 2 aromatic carbocycles. The number of thiazole rings is 1. The van der Waals surface area contributed by atoms with E-state index in [1.165, 1.54) is 5.56 Å². The van der Waals surface area contributed by atoms with E-state index in [-0.39, 0.29) is 11.3 Å². The van der Waals surface area contributed by atoms with Gasteiger partial charge in [0.05, 0.1) is 29.0 Å². The molecule has 5 rings (SSSR count). The third kappa shape index (κ3) is 4.73. The van der Waals surface area contributed by atoms with Gasteiger partial charge in [-0.1, -0.05) is 38.1 Å². The minimum absolute atomic E-state index is 0.0560. The molecule has 6 nitrogen and oxygen atoms in total. The molecule has 0 spiro atoms. The number of carbonyl (C=O) groups is 1. The maximum atomic E-state index is 12.7. The van der Waals surface area contributed by atoms with Crippen LogP contribution in [0.5, 0.6) is 0 Å². The number of nitrogen functional groups attached to an aromatic ring is 1. The summed E-state index contributed by atoms with van der Waals surface area (Å²) < 4.78 is 2.23. The van der Waals surface area contributed by atoms with Gasteiger partial charge in [0.1, 0.15) is 10.8 Å². The van der Waals surface area contributed by atoms with Gasteiger partial charge in [-0.25, -0.2) is 9.97 Å². The molecule has 2 heterocycles. The summed E-state index contributed by atoms with van der Waals surface area (Å²) in [6.45, 7) is 10.4. The molecule has 2 aromatic heterocycles. The minimum atomic E-state index is -0.168. The first-order valence-corrected chi connectivity index (χ1v) is 13.0. The number of hydrogen-bond acceptors (Lipinski definition) is 5. The van der Waals surface area contributed by atoms with Crippen LogP contribution < -0.4 is 11.1 Å². The number of aryl methyl sites for hydroxylation is 1. The number of anilines is 2. The van der Waals surface area contributed by atoms with Crippen molar-refractivity contribution in [2.75, 3.05) is 11.1 Å². The normalized spacial score (nSPS) is 13.8. The number of hydrogen-bond donors (Lipinski definition) is 2. The number of nitrogens with two attached hydrogens (primary N) is 1. The van der Waals surface area contributed by atoms with Gasteiger partial charge in [-0.3, -0.25) is 4.79 Å². The fourth-order valence-corrected chi connectivity index (χ4v) is 5.50. The van der Waals surface area contributed by atoms with Gasteiger partial charge in [0.15, 0.2) is 0 Å². The molecule has 7 heteroatoms. The number of rotatable bonds is 6. The van der Waals surface area contributed by atoms with E-state index >= 15 is 0 Å². The maximum absolute atomic E-state index is 12.7. The largest absolute Gasteiger partial charge is 0.397 e. The first-order valence-electron chi connectivity index (χ1n) is 12.2. The third-order valence-electron chi connectivity index (χ3n) is 6.33. The highest BCUT2D eigenvalue weighted by Crippen LogP contribution is 2.54. The molecule has 0 atom stereocenters. The zero-order chi connectivity index (χ0) is 25.2. The van der Waals surface area contributed by atoms with Crippen LogP contribution in [0.3, 0.4) is 0 Å². The second kappa shape index (κ2) is 10.0. The number of carbonyl (C=O) groups excluding carboxylic acids is 1. The number of imidazole rings is 1. The van der Waals surface area contributed by atoms with Crippen LogP contribution in [0.4, 0.5) is 11.4 Å². The van der Waals surface area contributed by atoms with E-state index in [4.69, 9.17) is 10.7 Å². The highest BCUT2D eigenvalue weighted by Gasteiger charge is 2.48. The average Bonchev–Trinajstić information content (AvgIpc) is 3.35. The van der Waals surface area contributed by atoms with Gasteiger partial charge in [-0.05, 0) is 63.4 Å². The molecule has 182 valence electrons. The summed E-state index contributed by atoms with van der Waals surface area (Å²) in [7, 11) is 0. The average molecular weight is 488 g/mol. The van der Waals surface area contributed by atoms with Crippen LogP contribution in [0.1, 0.15) is 73.3 Å². The van der Waals surface area contributed by atoms with Gasteiger partial charge < -0.3 is 15.6 Å². The predicted octanol–water partition coefficient (Wildman–Crippen LogP) is 6.84. The van der Waals surface area contributed by atoms with Gasteiger partial charge in [0, 0.05) is 22.4 Å². The second-order valence-corrected chi connectivity index (χ2v) is 9.75. The van der Waals surface area contributed by atoms with Crippen molar-refractivity contribution in [3.05, 3.63) is 82.1 Å². The fourth-order valence-electron chi connectivity index (χ4n) is 4.40. The topological polar surface area (TPSA) is 85.8 Å².